The molecule has 0 bridgehead atoms. The van der Waals surface area contributed by atoms with Crippen molar-refractivity contribution in [2.45, 2.75) is 48.5 Å². The van der Waals surface area contributed by atoms with Crippen molar-refractivity contribution in [2.75, 3.05) is 18.8 Å². The quantitative estimate of drug-likeness (QED) is 0.756. The second kappa shape index (κ2) is 8.99. The van der Waals surface area contributed by atoms with E-state index >= 15 is 0 Å². The zero-order valence-corrected chi connectivity index (χ0v) is 12.8. The van der Waals surface area contributed by atoms with Crippen molar-refractivity contribution in [2.24, 2.45) is 11.8 Å². The molecule has 0 amide bonds. The number of hydrogen-bond acceptors (Lipinski definition) is 2. The van der Waals surface area contributed by atoms with Crippen LogP contribution in [0.4, 0.5) is 0 Å². The van der Waals surface area contributed by atoms with Gasteiger partial charge in [-0.1, -0.05) is 41.5 Å². The number of rotatable bonds is 2. The summed E-state index contributed by atoms with van der Waals surface area (Å²) >= 11 is 0. The van der Waals surface area contributed by atoms with Crippen LogP contribution in [-0.2, 0) is 10.0 Å². The van der Waals surface area contributed by atoms with Gasteiger partial charge in [0.1, 0.15) is 0 Å². The van der Waals surface area contributed by atoms with E-state index in [1.807, 2.05) is 27.7 Å². The molecular weight excluding hydrogens is 222 g/mol. The van der Waals surface area contributed by atoms with Gasteiger partial charge in [0.25, 0.3) is 0 Å². The second-order valence-electron chi connectivity index (χ2n) is 3.67. The SMILES string of the molecule is CC.CC.CCS(=O)(=O)N1CC(C)C(C)C1. The first kappa shape index (κ1) is 18.3. The topological polar surface area (TPSA) is 37.4 Å². The molecule has 0 N–H and O–H groups in total. The minimum Gasteiger partial charge on any atom is -0.212 e. The van der Waals surface area contributed by atoms with Gasteiger partial charge >= 0.3 is 0 Å². The second-order valence-corrected chi connectivity index (χ2v) is 5.93. The minimum absolute atomic E-state index is 0.229. The molecule has 3 nitrogen and oxygen atoms in total. The monoisotopic (exact) mass is 251 g/mol. The van der Waals surface area contributed by atoms with Gasteiger partial charge in [0.15, 0.2) is 0 Å². The molecular formula is C12H29NO2S. The Balaban J connectivity index is 0. The lowest BCUT2D eigenvalue weighted by Crippen LogP contribution is -2.30. The van der Waals surface area contributed by atoms with Crippen molar-refractivity contribution in [3.8, 4) is 0 Å². The van der Waals surface area contributed by atoms with Crippen molar-refractivity contribution in [1.29, 1.82) is 0 Å². The highest BCUT2D eigenvalue weighted by atomic mass is 32.2. The summed E-state index contributed by atoms with van der Waals surface area (Å²) in [6.07, 6.45) is 0. The Hall–Kier alpha value is -0.0900. The molecule has 0 aromatic heterocycles. The zero-order valence-electron chi connectivity index (χ0n) is 11.9. The summed E-state index contributed by atoms with van der Waals surface area (Å²) in [5, 5.41) is 0. The van der Waals surface area contributed by atoms with Crippen LogP contribution in [0.3, 0.4) is 0 Å². The van der Waals surface area contributed by atoms with Crippen LogP contribution < -0.4 is 0 Å². The average molecular weight is 251 g/mol. The van der Waals surface area contributed by atoms with Crippen LogP contribution in [0.25, 0.3) is 0 Å². The summed E-state index contributed by atoms with van der Waals surface area (Å²) in [6, 6.07) is 0. The third-order valence-corrected chi connectivity index (χ3v) is 4.53. The number of sulfonamides is 1. The van der Waals surface area contributed by atoms with Crippen LogP contribution >= 0.6 is 0 Å². The molecule has 0 spiro atoms. The third-order valence-electron chi connectivity index (χ3n) is 2.71. The van der Waals surface area contributed by atoms with Crippen LogP contribution in [0.2, 0.25) is 0 Å². The minimum atomic E-state index is -2.93. The fourth-order valence-corrected chi connectivity index (χ4v) is 2.78. The predicted molar refractivity (Wildman–Crippen MR) is 72.1 cm³/mol. The van der Waals surface area contributed by atoms with Gasteiger partial charge in [-0.2, -0.15) is 0 Å². The Kier molecular flexibility index (Phi) is 10.3. The summed E-state index contributed by atoms with van der Waals surface area (Å²) in [5.74, 6) is 1.24. The maximum atomic E-state index is 11.4. The van der Waals surface area contributed by atoms with E-state index in [0.717, 1.165) is 0 Å². The van der Waals surface area contributed by atoms with E-state index in [-0.39, 0.29) is 5.75 Å². The van der Waals surface area contributed by atoms with Gasteiger partial charge in [0.2, 0.25) is 10.0 Å². The molecule has 0 radical (unpaired) electrons. The molecule has 0 aromatic carbocycles. The summed E-state index contributed by atoms with van der Waals surface area (Å²) in [7, 11) is -2.93. The van der Waals surface area contributed by atoms with E-state index in [0.29, 0.717) is 24.9 Å². The van der Waals surface area contributed by atoms with E-state index in [2.05, 4.69) is 13.8 Å². The summed E-state index contributed by atoms with van der Waals surface area (Å²) in [4.78, 5) is 0. The first-order valence-electron chi connectivity index (χ1n) is 6.45. The molecule has 1 fully saturated rings. The van der Waals surface area contributed by atoms with Crippen molar-refractivity contribution >= 4 is 10.0 Å². The molecule has 16 heavy (non-hydrogen) atoms. The van der Waals surface area contributed by atoms with E-state index in [1.165, 1.54) is 0 Å². The van der Waals surface area contributed by atoms with Gasteiger partial charge in [-0.25, -0.2) is 12.7 Å². The first-order chi connectivity index (χ1) is 7.47. The normalized spacial score (nSPS) is 25.2. The lowest BCUT2D eigenvalue weighted by atomic mass is 10.0. The zero-order chi connectivity index (χ0) is 13.4. The van der Waals surface area contributed by atoms with Gasteiger partial charge in [-0.15, -0.1) is 0 Å². The fourth-order valence-electron chi connectivity index (χ4n) is 1.49. The van der Waals surface area contributed by atoms with Gasteiger partial charge in [-0.3, -0.25) is 0 Å². The molecule has 4 heteroatoms. The highest BCUT2D eigenvalue weighted by Gasteiger charge is 2.32. The largest absolute Gasteiger partial charge is 0.213 e. The molecule has 1 heterocycles. The summed E-state index contributed by atoms with van der Waals surface area (Å²) in [5.41, 5.74) is 0. The molecule has 1 saturated heterocycles. The van der Waals surface area contributed by atoms with E-state index < -0.39 is 10.0 Å². The van der Waals surface area contributed by atoms with Crippen LogP contribution in [0, 0.1) is 11.8 Å². The third kappa shape index (κ3) is 5.30. The van der Waals surface area contributed by atoms with Crippen molar-refractivity contribution in [3.63, 3.8) is 0 Å². The molecule has 2 atom stereocenters. The molecule has 1 aliphatic rings. The maximum absolute atomic E-state index is 11.4. The molecule has 1 rings (SSSR count). The standard InChI is InChI=1S/C8H17NO2S.2C2H6/c1-4-12(10,11)9-5-7(2)8(3)6-9;2*1-2/h7-8H,4-6H2,1-3H3;2*1-2H3. The Morgan fingerprint density at radius 3 is 1.56 bits per heavy atom. The lowest BCUT2D eigenvalue weighted by molar-refractivity contribution is 0.464. The Bertz CT molecular complexity index is 240. The molecule has 2 unspecified atom stereocenters. The molecule has 0 aliphatic carbocycles. The molecule has 100 valence electrons. The highest BCUT2D eigenvalue weighted by Crippen LogP contribution is 2.24. The Labute approximate surface area is 102 Å². The molecule has 0 saturated carbocycles. The van der Waals surface area contributed by atoms with E-state index in [9.17, 15) is 8.42 Å². The van der Waals surface area contributed by atoms with Crippen molar-refractivity contribution < 1.29 is 8.42 Å². The van der Waals surface area contributed by atoms with Crippen LogP contribution in [0.5, 0.6) is 0 Å². The Morgan fingerprint density at radius 1 is 1.00 bits per heavy atom. The molecule has 0 aromatic rings. The van der Waals surface area contributed by atoms with Crippen molar-refractivity contribution in [3.05, 3.63) is 0 Å². The number of hydrogen-bond donors (Lipinski definition) is 0. The van der Waals surface area contributed by atoms with E-state index in [1.54, 1.807) is 11.2 Å². The van der Waals surface area contributed by atoms with Crippen LogP contribution in [-0.4, -0.2) is 31.6 Å². The highest BCUT2D eigenvalue weighted by molar-refractivity contribution is 7.89. The molecule has 1 aliphatic heterocycles. The summed E-state index contributed by atoms with van der Waals surface area (Å²) in [6.45, 7) is 15.3. The number of nitrogens with zero attached hydrogens (tertiary/aromatic N) is 1. The predicted octanol–water partition coefficient (Wildman–Crippen LogP) is 2.98. The average Bonchev–Trinajstić information content (AvgIpc) is 2.65. The lowest BCUT2D eigenvalue weighted by Gasteiger charge is -2.13. The maximum Gasteiger partial charge on any atom is 0.213 e. The fraction of sp³-hybridized carbons (Fsp3) is 1.00. The first-order valence-corrected chi connectivity index (χ1v) is 8.06. The van der Waals surface area contributed by atoms with Crippen LogP contribution in [0.1, 0.15) is 48.5 Å². The van der Waals surface area contributed by atoms with Gasteiger partial charge in [0.05, 0.1) is 5.75 Å². The van der Waals surface area contributed by atoms with Gasteiger partial charge in [0, 0.05) is 13.1 Å². The summed E-state index contributed by atoms with van der Waals surface area (Å²) < 4.78 is 24.5. The van der Waals surface area contributed by atoms with E-state index in [4.69, 9.17) is 0 Å². The van der Waals surface area contributed by atoms with Crippen LogP contribution in [0.15, 0.2) is 0 Å². The van der Waals surface area contributed by atoms with Gasteiger partial charge in [-0.05, 0) is 18.8 Å². The smallest absolute Gasteiger partial charge is 0.212 e. The Morgan fingerprint density at radius 2 is 1.31 bits per heavy atom. The van der Waals surface area contributed by atoms with Gasteiger partial charge < -0.3 is 0 Å². The van der Waals surface area contributed by atoms with Crippen molar-refractivity contribution in [1.82, 2.24) is 4.31 Å².